The van der Waals surface area contributed by atoms with Gasteiger partial charge in [0.25, 0.3) is 0 Å². The lowest BCUT2D eigenvalue weighted by Gasteiger charge is -2.42. The molecule has 12 aromatic rings. The molecule has 0 amide bonds. The molecule has 296 valence electrons. The summed E-state index contributed by atoms with van der Waals surface area (Å²) in [4.78, 5) is 2.64. The van der Waals surface area contributed by atoms with E-state index >= 15 is 0 Å². The van der Waals surface area contributed by atoms with Crippen LogP contribution in [0.1, 0.15) is 52.7 Å². The van der Waals surface area contributed by atoms with Crippen LogP contribution in [0.3, 0.4) is 0 Å². The first-order chi connectivity index (χ1) is 30.0. The minimum atomic E-state index is -0.146. The fraction of sp³-hybridized carbons (Fsp3) is 0.143. The zero-order valence-electron chi connectivity index (χ0n) is 35.5. The fourth-order valence-electron chi connectivity index (χ4n) is 11.0. The predicted molar refractivity (Wildman–Crippen MR) is 265 cm³/mol. The Morgan fingerprint density at radius 3 is 1.94 bits per heavy atom. The Bertz CT molecular complexity index is 3960. The van der Waals surface area contributed by atoms with Crippen molar-refractivity contribution in [3.63, 3.8) is 0 Å². The molecule has 6 heteroatoms. The Hall–Kier alpha value is -6.76. The van der Waals surface area contributed by atoms with E-state index in [1.165, 1.54) is 81.3 Å². The van der Waals surface area contributed by atoms with Gasteiger partial charge in [0.15, 0.2) is 0 Å². The van der Waals surface area contributed by atoms with E-state index in [-0.39, 0.29) is 17.7 Å². The molecule has 0 saturated carbocycles. The molecule has 0 N–H and O–H groups in total. The second kappa shape index (κ2) is 11.6. The lowest BCUT2D eigenvalue weighted by molar-refractivity contribution is 0.590. The van der Waals surface area contributed by atoms with E-state index in [2.05, 4.69) is 190 Å². The molecule has 14 rings (SSSR count). The Balaban J connectivity index is 1.16. The van der Waals surface area contributed by atoms with Gasteiger partial charge in [-0.05, 0) is 105 Å². The van der Waals surface area contributed by atoms with Crippen molar-refractivity contribution in [1.29, 1.82) is 0 Å². The van der Waals surface area contributed by atoms with E-state index in [1.54, 1.807) is 0 Å². The molecule has 2 aliphatic heterocycles. The molecule has 6 heterocycles. The van der Waals surface area contributed by atoms with E-state index in [4.69, 9.17) is 8.83 Å². The summed E-state index contributed by atoms with van der Waals surface area (Å²) < 4.78 is 18.8. The number of para-hydroxylation sites is 2. The van der Waals surface area contributed by atoms with Crippen LogP contribution < -0.4 is 15.7 Å². The molecule has 4 nitrogen and oxygen atoms in total. The summed E-state index contributed by atoms with van der Waals surface area (Å²) in [6, 6.07) is 52.4. The van der Waals surface area contributed by atoms with E-state index in [1.807, 2.05) is 11.3 Å². The predicted octanol–water partition coefficient (Wildman–Crippen LogP) is 14.8. The number of aromatic nitrogens is 1. The molecule has 0 unspecified atom stereocenters. The van der Waals surface area contributed by atoms with Gasteiger partial charge in [-0.2, -0.15) is 0 Å². The number of nitrogens with zero attached hydrogens (tertiary/aromatic N) is 2. The SMILES string of the molecule is CC(C)(C)c1ccc(N2B3c4cc5oc6ccccc6c5cc4-n4c5ccc6c7ccccc7oc6c5c5ccc(c3c54)-c3cc4sc5cc(C(C)(C)C)ccc5c4cc32)cc1. The standard InChI is InChI=1S/C56H41BN2O2S/c1-55(2,3)30-15-18-32(19-16-30)59-44-27-41-35-20-17-31(56(4,5)6)25-49(35)62-50(41)28-39(44)36-21-22-38-51-43(24-23-37-33-11-7-10-14-47(33)61-54(37)51)58-45-26-40-34-12-8-9-13-46(34)60-48(40)29-42(45)57(59)52(36)53(38)58/h7-29H,1-6H3. The third kappa shape index (κ3) is 4.47. The molecule has 62 heavy (non-hydrogen) atoms. The summed E-state index contributed by atoms with van der Waals surface area (Å²) in [7, 11) is 0. The number of benzene rings is 8. The smallest absolute Gasteiger partial charge is 0.333 e. The Morgan fingerprint density at radius 2 is 1.16 bits per heavy atom. The minimum Gasteiger partial charge on any atom is -0.456 e. The third-order valence-corrected chi connectivity index (χ3v) is 15.2. The van der Waals surface area contributed by atoms with E-state index in [9.17, 15) is 0 Å². The van der Waals surface area contributed by atoms with Crippen LogP contribution >= 0.6 is 11.3 Å². The van der Waals surface area contributed by atoms with Gasteiger partial charge >= 0.3 is 6.85 Å². The summed E-state index contributed by atoms with van der Waals surface area (Å²) in [5.41, 5.74) is 17.4. The number of hydrogen-bond donors (Lipinski definition) is 0. The number of hydrogen-bond acceptors (Lipinski definition) is 4. The topological polar surface area (TPSA) is 34.5 Å². The lowest BCUT2D eigenvalue weighted by Crippen LogP contribution is -2.60. The average Bonchev–Trinajstić information content (AvgIpc) is 4.02. The largest absolute Gasteiger partial charge is 0.456 e. The fourth-order valence-corrected chi connectivity index (χ4v) is 12.2. The molecular formula is C56H41BN2O2S. The molecule has 0 spiro atoms. The van der Waals surface area contributed by atoms with Crippen molar-refractivity contribution >= 4 is 126 Å². The van der Waals surface area contributed by atoms with Crippen molar-refractivity contribution in [2.75, 3.05) is 4.81 Å². The second-order valence-corrected chi connectivity index (χ2v) is 20.8. The van der Waals surface area contributed by atoms with Gasteiger partial charge in [0.1, 0.15) is 22.3 Å². The normalized spacial score (nSPS) is 13.9. The third-order valence-electron chi connectivity index (χ3n) is 14.1. The summed E-state index contributed by atoms with van der Waals surface area (Å²) in [5.74, 6) is 0. The van der Waals surface area contributed by atoms with Crippen molar-refractivity contribution in [2.24, 2.45) is 0 Å². The molecule has 0 radical (unpaired) electrons. The Kier molecular flexibility index (Phi) is 6.52. The number of fused-ring (bicyclic) bond motifs is 18. The van der Waals surface area contributed by atoms with E-state index < -0.39 is 0 Å². The molecule has 4 aromatic heterocycles. The van der Waals surface area contributed by atoms with Gasteiger partial charge in [-0.3, -0.25) is 0 Å². The maximum absolute atomic E-state index is 6.85. The highest BCUT2D eigenvalue weighted by Crippen LogP contribution is 2.50. The van der Waals surface area contributed by atoms with E-state index in [0.717, 1.165) is 54.8 Å². The number of rotatable bonds is 1. The van der Waals surface area contributed by atoms with Gasteiger partial charge in [0, 0.05) is 69.7 Å². The van der Waals surface area contributed by atoms with Crippen LogP contribution in [0, 0.1) is 0 Å². The highest BCUT2D eigenvalue weighted by Gasteiger charge is 2.45. The number of furan rings is 2. The van der Waals surface area contributed by atoms with Crippen LogP contribution in [-0.4, -0.2) is 11.4 Å². The Morgan fingerprint density at radius 1 is 0.500 bits per heavy atom. The number of thiophene rings is 1. The van der Waals surface area contributed by atoms with Crippen LogP contribution in [0.2, 0.25) is 0 Å². The van der Waals surface area contributed by atoms with Gasteiger partial charge in [0.2, 0.25) is 0 Å². The van der Waals surface area contributed by atoms with Gasteiger partial charge in [0.05, 0.1) is 16.4 Å². The zero-order chi connectivity index (χ0) is 41.6. The maximum atomic E-state index is 6.85. The van der Waals surface area contributed by atoms with Gasteiger partial charge in [-0.15, -0.1) is 11.3 Å². The minimum absolute atomic E-state index is 0.0258. The zero-order valence-corrected chi connectivity index (χ0v) is 36.3. The molecule has 0 atom stereocenters. The van der Waals surface area contributed by atoms with Crippen molar-refractivity contribution in [2.45, 2.75) is 52.4 Å². The van der Waals surface area contributed by atoms with Crippen molar-refractivity contribution in [3.05, 3.63) is 151 Å². The molecule has 8 aromatic carbocycles. The second-order valence-electron chi connectivity index (χ2n) is 19.7. The van der Waals surface area contributed by atoms with Crippen LogP contribution in [0.15, 0.2) is 148 Å². The van der Waals surface area contributed by atoms with Crippen LogP contribution in [0.25, 0.3) is 103 Å². The van der Waals surface area contributed by atoms with Crippen molar-refractivity contribution < 1.29 is 8.83 Å². The Labute approximate surface area is 362 Å². The van der Waals surface area contributed by atoms with Gasteiger partial charge < -0.3 is 18.2 Å². The molecule has 0 aliphatic carbocycles. The monoisotopic (exact) mass is 816 g/mol. The van der Waals surface area contributed by atoms with Crippen LogP contribution in [0.4, 0.5) is 11.4 Å². The highest BCUT2D eigenvalue weighted by atomic mass is 32.1. The van der Waals surface area contributed by atoms with Crippen LogP contribution in [0.5, 0.6) is 0 Å². The first-order valence-corrected chi connectivity index (χ1v) is 22.6. The number of anilines is 2. The highest BCUT2D eigenvalue weighted by molar-refractivity contribution is 7.25. The molecule has 2 aliphatic rings. The summed E-state index contributed by atoms with van der Waals surface area (Å²) in [6.45, 7) is 13.6. The van der Waals surface area contributed by atoms with Crippen molar-refractivity contribution in [3.8, 4) is 16.8 Å². The first kappa shape index (κ1) is 34.9. The van der Waals surface area contributed by atoms with Gasteiger partial charge in [-0.25, -0.2) is 0 Å². The average molecular weight is 817 g/mol. The molecular weight excluding hydrogens is 776 g/mol. The van der Waals surface area contributed by atoms with E-state index in [0.29, 0.717) is 0 Å². The van der Waals surface area contributed by atoms with Crippen LogP contribution in [-0.2, 0) is 10.8 Å². The lowest BCUT2D eigenvalue weighted by atomic mass is 9.44. The quantitative estimate of drug-likeness (QED) is 0.155. The molecule has 0 fully saturated rings. The molecule has 0 saturated heterocycles. The summed E-state index contributed by atoms with van der Waals surface area (Å²) >= 11 is 1.91. The molecule has 0 bridgehead atoms. The van der Waals surface area contributed by atoms with Crippen molar-refractivity contribution in [1.82, 2.24) is 4.57 Å². The maximum Gasteiger partial charge on any atom is 0.333 e. The summed E-state index contributed by atoms with van der Waals surface area (Å²) in [5, 5.41) is 9.51. The summed E-state index contributed by atoms with van der Waals surface area (Å²) in [6.07, 6.45) is 0. The first-order valence-electron chi connectivity index (χ1n) is 21.8. The van der Waals surface area contributed by atoms with Gasteiger partial charge in [-0.1, -0.05) is 114 Å².